The van der Waals surface area contributed by atoms with Gasteiger partial charge in [0.1, 0.15) is 24.7 Å². The van der Waals surface area contributed by atoms with Gasteiger partial charge in [0, 0.05) is 6.07 Å². The predicted molar refractivity (Wildman–Crippen MR) is 158 cm³/mol. The molecule has 0 bridgehead atoms. The first kappa shape index (κ1) is 28.3. The maximum atomic E-state index is 6.12. The van der Waals surface area contributed by atoms with Crippen molar-refractivity contribution in [2.45, 2.75) is 84.3 Å². The molecule has 0 aliphatic rings. The van der Waals surface area contributed by atoms with Crippen LogP contribution in [0.5, 0.6) is 11.5 Å². The second-order valence-corrected chi connectivity index (χ2v) is 9.65. The van der Waals surface area contributed by atoms with Gasteiger partial charge in [0.2, 0.25) is 0 Å². The van der Waals surface area contributed by atoms with Gasteiger partial charge in [0.25, 0.3) is 0 Å². The minimum absolute atomic E-state index is 0.541. The molecule has 0 aliphatic carbocycles. The lowest BCUT2D eigenvalue weighted by Crippen LogP contribution is -1.98. The topological polar surface area (TPSA) is 18.5 Å². The second-order valence-electron chi connectivity index (χ2n) is 9.65. The fraction of sp³-hybridized carbons (Fsp3) is 0.371. The third-order valence-corrected chi connectivity index (χ3v) is 6.34. The van der Waals surface area contributed by atoms with Crippen molar-refractivity contribution in [2.75, 3.05) is 0 Å². The van der Waals surface area contributed by atoms with Gasteiger partial charge in [-0.15, -0.1) is 0 Å². The number of hydrogen-bond donors (Lipinski definition) is 0. The van der Waals surface area contributed by atoms with Gasteiger partial charge in [-0.1, -0.05) is 118 Å². The number of benzene rings is 3. The molecule has 0 fully saturated rings. The van der Waals surface area contributed by atoms with Crippen molar-refractivity contribution in [3.05, 3.63) is 114 Å². The van der Waals surface area contributed by atoms with Gasteiger partial charge in [-0.05, 0) is 67.3 Å². The summed E-state index contributed by atoms with van der Waals surface area (Å²) in [5.74, 6) is 1.66. The monoisotopic (exact) mass is 496 g/mol. The van der Waals surface area contributed by atoms with Crippen molar-refractivity contribution >= 4 is 6.08 Å². The Morgan fingerprint density at radius 2 is 1.03 bits per heavy atom. The highest BCUT2D eigenvalue weighted by atomic mass is 16.5. The molecule has 196 valence electrons. The van der Waals surface area contributed by atoms with Crippen LogP contribution in [-0.4, -0.2) is 0 Å². The molecular formula is C35H44O2. The van der Waals surface area contributed by atoms with E-state index < -0.39 is 0 Å². The molecule has 0 saturated heterocycles. The van der Waals surface area contributed by atoms with Crippen molar-refractivity contribution in [3.63, 3.8) is 0 Å². The molecule has 3 aromatic carbocycles. The Balaban J connectivity index is 1.46. The molecule has 0 unspecified atom stereocenters. The molecular weight excluding hydrogens is 452 g/mol. The molecule has 0 N–H and O–H groups in total. The molecule has 0 amide bonds. The summed E-state index contributed by atoms with van der Waals surface area (Å²) in [5, 5.41) is 0. The maximum Gasteiger partial charge on any atom is 0.124 e. The van der Waals surface area contributed by atoms with Gasteiger partial charge < -0.3 is 9.47 Å². The Bertz CT molecular complexity index is 976. The molecule has 0 radical (unpaired) electrons. The Morgan fingerprint density at radius 1 is 0.541 bits per heavy atom. The molecule has 2 heteroatoms. The molecule has 0 atom stereocenters. The maximum absolute atomic E-state index is 6.12. The van der Waals surface area contributed by atoms with E-state index in [0.29, 0.717) is 13.2 Å². The zero-order chi connectivity index (χ0) is 25.8. The Labute approximate surface area is 225 Å². The third kappa shape index (κ3) is 12.5. The van der Waals surface area contributed by atoms with Crippen molar-refractivity contribution in [3.8, 4) is 11.5 Å². The second kappa shape index (κ2) is 18.1. The van der Waals surface area contributed by atoms with E-state index in [1.54, 1.807) is 0 Å². The SMILES string of the molecule is CCCCCC/C=C\CCCCC/C=C/c1cc(OCc2ccccc2)cc(OCc2ccccc2)c1. The largest absolute Gasteiger partial charge is 0.489 e. The van der Waals surface area contributed by atoms with Crippen LogP contribution in [0.15, 0.2) is 97.1 Å². The molecule has 0 aliphatic heterocycles. The lowest BCUT2D eigenvalue weighted by atomic mass is 10.1. The molecule has 0 spiro atoms. The highest BCUT2D eigenvalue weighted by molar-refractivity contribution is 5.55. The molecule has 37 heavy (non-hydrogen) atoms. The lowest BCUT2D eigenvalue weighted by Gasteiger charge is -2.12. The molecule has 0 saturated carbocycles. The van der Waals surface area contributed by atoms with Crippen LogP contribution in [0.1, 0.15) is 87.8 Å². The highest BCUT2D eigenvalue weighted by Gasteiger charge is 2.04. The van der Waals surface area contributed by atoms with E-state index in [1.807, 2.05) is 42.5 Å². The van der Waals surface area contributed by atoms with E-state index in [1.165, 1.54) is 57.8 Å². The van der Waals surface area contributed by atoms with Crippen LogP contribution in [0.25, 0.3) is 6.08 Å². The van der Waals surface area contributed by atoms with Crippen LogP contribution in [0, 0.1) is 0 Å². The fourth-order valence-corrected chi connectivity index (χ4v) is 4.18. The molecule has 3 aromatic rings. The van der Waals surface area contributed by atoms with Crippen molar-refractivity contribution in [2.24, 2.45) is 0 Å². The number of rotatable bonds is 18. The predicted octanol–water partition coefficient (Wildman–Crippen LogP) is 10.3. The number of hydrogen-bond acceptors (Lipinski definition) is 2. The quantitative estimate of drug-likeness (QED) is 0.129. The van der Waals surface area contributed by atoms with Crippen LogP contribution >= 0.6 is 0 Å². The summed E-state index contributed by atoms with van der Waals surface area (Å²) in [4.78, 5) is 0. The smallest absolute Gasteiger partial charge is 0.124 e. The van der Waals surface area contributed by atoms with E-state index in [-0.39, 0.29) is 0 Å². The van der Waals surface area contributed by atoms with Crippen LogP contribution in [0.2, 0.25) is 0 Å². The van der Waals surface area contributed by atoms with Gasteiger partial charge in [0.05, 0.1) is 0 Å². The fourth-order valence-electron chi connectivity index (χ4n) is 4.18. The summed E-state index contributed by atoms with van der Waals surface area (Å²) in [6.07, 6.45) is 21.9. The van der Waals surface area contributed by atoms with E-state index >= 15 is 0 Å². The Hall–Kier alpha value is -3.26. The first-order chi connectivity index (χ1) is 18.3. The highest BCUT2D eigenvalue weighted by Crippen LogP contribution is 2.26. The third-order valence-electron chi connectivity index (χ3n) is 6.34. The average molecular weight is 497 g/mol. The lowest BCUT2D eigenvalue weighted by molar-refractivity contribution is 0.290. The van der Waals surface area contributed by atoms with E-state index in [4.69, 9.17) is 9.47 Å². The minimum atomic E-state index is 0.541. The van der Waals surface area contributed by atoms with Crippen molar-refractivity contribution in [1.29, 1.82) is 0 Å². The van der Waals surface area contributed by atoms with Crippen LogP contribution in [0.4, 0.5) is 0 Å². The normalized spacial score (nSPS) is 11.4. The first-order valence-corrected chi connectivity index (χ1v) is 14.1. The standard InChI is InChI=1S/C35H44O2/c1-2-3-4-5-6-7-8-9-10-11-12-13-16-25-33-26-34(36-29-31-21-17-14-18-22-31)28-35(27-33)37-30-32-23-19-15-20-24-32/h7-8,14-28H,2-6,9-13,29-30H2,1H3/b8-7-,25-16+. The van der Waals surface area contributed by atoms with Gasteiger partial charge in [-0.25, -0.2) is 0 Å². The number of unbranched alkanes of at least 4 members (excludes halogenated alkanes) is 8. The molecule has 2 nitrogen and oxygen atoms in total. The van der Waals surface area contributed by atoms with Crippen molar-refractivity contribution in [1.82, 2.24) is 0 Å². The Morgan fingerprint density at radius 3 is 1.54 bits per heavy atom. The van der Waals surface area contributed by atoms with Crippen molar-refractivity contribution < 1.29 is 9.47 Å². The van der Waals surface area contributed by atoms with Crippen LogP contribution in [-0.2, 0) is 13.2 Å². The molecule has 0 heterocycles. The number of allylic oxidation sites excluding steroid dienone is 3. The summed E-state index contributed by atoms with van der Waals surface area (Å²) >= 11 is 0. The van der Waals surface area contributed by atoms with Gasteiger partial charge in [0.15, 0.2) is 0 Å². The minimum Gasteiger partial charge on any atom is -0.489 e. The molecule has 0 aromatic heterocycles. The van der Waals surface area contributed by atoms with Gasteiger partial charge in [-0.2, -0.15) is 0 Å². The summed E-state index contributed by atoms with van der Waals surface area (Å²) in [5.41, 5.74) is 3.42. The van der Waals surface area contributed by atoms with Gasteiger partial charge >= 0.3 is 0 Å². The molecule has 3 rings (SSSR count). The average Bonchev–Trinajstić information content (AvgIpc) is 2.94. The summed E-state index contributed by atoms with van der Waals surface area (Å²) in [7, 11) is 0. The van der Waals surface area contributed by atoms with E-state index in [0.717, 1.165) is 34.6 Å². The summed E-state index contributed by atoms with van der Waals surface area (Å²) in [6, 6.07) is 26.7. The summed E-state index contributed by atoms with van der Waals surface area (Å²) < 4.78 is 12.2. The Kier molecular flexibility index (Phi) is 13.8. The van der Waals surface area contributed by atoms with E-state index in [2.05, 4.69) is 67.6 Å². The zero-order valence-electron chi connectivity index (χ0n) is 22.6. The summed E-state index contributed by atoms with van der Waals surface area (Å²) in [6.45, 7) is 3.35. The van der Waals surface area contributed by atoms with Crippen LogP contribution < -0.4 is 9.47 Å². The first-order valence-electron chi connectivity index (χ1n) is 14.1. The zero-order valence-corrected chi connectivity index (χ0v) is 22.6. The number of ether oxygens (including phenoxy) is 2. The van der Waals surface area contributed by atoms with Crippen LogP contribution in [0.3, 0.4) is 0 Å². The van der Waals surface area contributed by atoms with Gasteiger partial charge in [-0.3, -0.25) is 0 Å². The van der Waals surface area contributed by atoms with E-state index in [9.17, 15) is 0 Å².